The van der Waals surface area contributed by atoms with Crippen molar-refractivity contribution in [2.24, 2.45) is 5.92 Å². The molecule has 0 saturated carbocycles. The molecule has 0 bridgehead atoms. The van der Waals surface area contributed by atoms with Crippen molar-refractivity contribution < 1.29 is 17.6 Å². The summed E-state index contributed by atoms with van der Waals surface area (Å²) in [5.41, 5.74) is 2.93. The molecule has 3 rings (SSSR count). The van der Waals surface area contributed by atoms with Gasteiger partial charge in [0.25, 0.3) is 0 Å². The lowest BCUT2D eigenvalue weighted by molar-refractivity contribution is -0.127. The number of nitrogens with zero attached hydrogens (tertiary/aromatic N) is 2. The second-order valence-electron chi connectivity index (χ2n) is 7.23. The second-order valence-corrected chi connectivity index (χ2v) is 9.55. The number of hydrazine groups is 1. The van der Waals surface area contributed by atoms with Crippen LogP contribution in [0, 0.1) is 11.7 Å². The van der Waals surface area contributed by atoms with Crippen molar-refractivity contribution in [1.29, 1.82) is 0 Å². The quantitative estimate of drug-likeness (QED) is 0.799. The monoisotopic (exact) mass is 417 g/mol. The number of halogens is 2. The molecule has 2 heterocycles. The molecule has 0 radical (unpaired) electrons. The molecule has 9 heteroatoms. The van der Waals surface area contributed by atoms with Crippen molar-refractivity contribution >= 4 is 27.5 Å². The van der Waals surface area contributed by atoms with E-state index in [-0.39, 0.29) is 28.3 Å². The van der Waals surface area contributed by atoms with Crippen LogP contribution < -0.4 is 5.43 Å². The fourth-order valence-corrected chi connectivity index (χ4v) is 5.78. The van der Waals surface area contributed by atoms with Gasteiger partial charge in [-0.15, -0.1) is 0 Å². The highest BCUT2D eigenvalue weighted by molar-refractivity contribution is 7.89. The van der Waals surface area contributed by atoms with Gasteiger partial charge < -0.3 is 0 Å². The molecule has 0 spiro atoms. The number of piperidine rings is 2. The van der Waals surface area contributed by atoms with Crippen molar-refractivity contribution in [2.75, 3.05) is 26.2 Å². The predicted octanol–water partition coefficient (Wildman–Crippen LogP) is 2.79. The Morgan fingerprint density at radius 3 is 2.63 bits per heavy atom. The third-order valence-electron chi connectivity index (χ3n) is 5.11. The summed E-state index contributed by atoms with van der Waals surface area (Å²) < 4.78 is 40.3. The van der Waals surface area contributed by atoms with Gasteiger partial charge >= 0.3 is 0 Å². The van der Waals surface area contributed by atoms with E-state index in [1.54, 1.807) is 0 Å². The fraction of sp³-hybridized carbons (Fsp3) is 0.611. The van der Waals surface area contributed by atoms with Crippen LogP contribution in [0.25, 0.3) is 0 Å². The van der Waals surface area contributed by atoms with Crippen LogP contribution in [0.3, 0.4) is 0 Å². The fourth-order valence-electron chi connectivity index (χ4n) is 3.73. The molecule has 2 fully saturated rings. The summed E-state index contributed by atoms with van der Waals surface area (Å²) >= 11 is 5.95. The van der Waals surface area contributed by atoms with E-state index in [9.17, 15) is 17.6 Å². The second kappa shape index (κ2) is 8.86. The summed E-state index contributed by atoms with van der Waals surface area (Å²) in [6, 6.07) is 3.29. The lowest BCUT2D eigenvalue weighted by Crippen LogP contribution is -2.47. The van der Waals surface area contributed by atoms with Crippen LogP contribution in [-0.4, -0.2) is 49.8 Å². The van der Waals surface area contributed by atoms with Crippen molar-refractivity contribution in [3.8, 4) is 0 Å². The smallest absolute Gasteiger partial charge is 0.244 e. The Bertz CT molecular complexity index is 784. The van der Waals surface area contributed by atoms with Crippen LogP contribution in [0.1, 0.15) is 38.5 Å². The number of amides is 1. The highest BCUT2D eigenvalue weighted by Gasteiger charge is 2.32. The molecular weight excluding hydrogens is 393 g/mol. The van der Waals surface area contributed by atoms with Crippen molar-refractivity contribution in [1.82, 2.24) is 14.7 Å². The largest absolute Gasteiger partial charge is 0.289 e. The van der Waals surface area contributed by atoms with E-state index in [0.717, 1.165) is 44.5 Å². The van der Waals surface area contributed by atoms with E-state index < -0.39 is 15.8 Å². The third kappa shape index (κ3) is 5.19. The van der Waals surface area contributed by atoms with Gasteiger partial charge in [0.2, 0.25) is 15.9 Å². The number of hydrogen-bond donors (Lipinski definition) is 1. The minimum Gasteiger partial charge on any atom is -0.289 e. The molecule has 0 aliphatic carbocycles. The van der Waals surface area contributed by atoms with Crippen LogP contribution >= 0.6 is 11.6 Å². The van der Waals surface area contributed by atoms with Gasteiger partial charge in [-0.25, -0.2) is 17.8 Å². The molecule has 1 unspecified atom stereocenters. The van der Waals surface area contributed by atoms with E-state index in [1.807, 2.05) is 5.01 Å². The van der Waals surface area contributed by atoms with Crippen LogP contribution in [0.2, 0.25) is 5.02 Å². The molecule has 0 aromatic heterocycles. The number of nitrogens with one attached hydrogen (secondary N) is 1. The zero-order chi connectivity index (χ0) is 19.4. The minimum absolute atomic E-state index is 0.0439. The molecule has 2 aliphatic heterocycles. The van der Waals surface area contributed by atoms with Crippen molar-refractivity contribution in [3.05, 3.63) is 29.0 Å². The first-order valence-electron chi connectivity index (χ1n) is 9.36. The summed E-state index contributed by atoms with van der Waals surface area (Å²) in [7, 11) is -3.81. The van der Waals surface area contributed by atoms with Crippen LogP contribution in [0.5, 0.6) is 0 Å². The first-order chi connectivity index (χ1) is 12.9. The average Bonchev–Trinajstić information content (AvgIpc) is 2.62. The molecule has 1 N–H and O–H groups in total. The highest BCUT2D eigenvalue weighted by atomic mass is 35.5. The standard InChI is InChI=1S/C18H25ClFN3O3S/c19-16-12-15(20)6-7-17(16)27(25,26)23-10-4-5-14(13-23)11-18(24)21-22-8-2-1-3-9-22/h6-7,12,14H,1-5,8-11,13H2,(H,21,24). The van der Waals surface area contributed by atoms with Gasteiger partial charge in [0.15, 0.2) is 0 Å². The lowest BCUT2D eigenvalue weighted by Gasteiger charge is -2.33. The molecule has 6 nitrogen and oxygen atoms in total. The number of sulfonamides is 1. The molecule has 150 valence electrons. The van der Waals surface area contributed by atoms with E-state index in [4.69, 9.17) is 11.6 Å². The highest BCUT2D eigenvalue weighted by Crippen LogP contribution is 2.29. The minimum atomic E-state index is -3.81. The van der Waals surface area contributed by atoms with Gasteiger partial charge in [0.05, 0.1) is 5.02 Å². The maximum absolute atomic E-state index is 13.2. The number of rotatable bonds is 5. The molecule has 1 atom stereocenters. The van der Waals surface area contributed by atoms with Gasteiger partial charge in [-0.05, 0) is 49.8 Å². The lowest BCUT2D eigenvalue weighted by atomic mass is 9.96. The van der Waals surface area contributed by atoms with Gasteiger partial charge in [-0.1, -0.05) is 18.0 Å². The molecule has 1 aromatic rings. The zero-order valence-electron chi connectivity index (χ0n) is 15.2. The Kier molecular flexibility index (Phi) is 6.73. The number of carbonyl (C=O) groups is 1. The molecule has 2 aliphatic rings. The van der Waals surface area contributed by atoms with E-state index in [0.29, 0.717) is 19.4 Å². The molecule has 1 amide bonds. The van der Waals surface area contributed by atoms with Crippen LogP contribution in [0.4, 0.5) is 4.39 Å². The van der Waals surface area contributed by atoms with E-state index in [2.05, 4.69) is 5.43 Å². The Labute approximate surface area is 164 Å². The first-order valence-corrected chi connectivity index (χ1v) is 11.2. The Balaban J connectivity index is 1.62. The summed E-state index contributed by atoms with van der Waals surface area (Å²) in [4.78, 5) is 12.2. The van der Waals surface area contributed by atoms with Crippen molar-refractivity contribution in [3.63, 3.8) is 0 Å². The van der Waals surface area contributed by atoms with Crippen LogP contribution in [-0.2, 0) is 14.8 Å². The Morgan fingerprint density at radius 1 is 1.19 bits per heavy atom. The predicted molar refractivity (Wildman–Crippen MR) is 101 cm³/mol. The first kappa shape index (κ1) is 20.5. The molecular formula is C18H25ClFN3O3S. The maximum atomic E-state index is 13.2. The number of benzene rings is 1. The summed E-state index contributed by atoms with van der Waals surface area (Å²) in [5, 5.41) is 1.82. The van der Waals surface area contributed by atoms with Crippen LogP contribution in [0.15, 0.2) is 23.1 Å². The van der Waals surface area contributed by atoms with E-state index in [1.165, 1.54) is 16.8 Å². The van der Waals surface area contributed by atoms with Gasteiger partial charge in [0, 0.05) is 32.6 Å². The average molecular weight is 418 g/mol. The maximum Gasteiger partial charge on any atom is 0.244 e. The Morgan fingerprint density at radius 2 is 1.93 bits per heavy atom. The van der Waals surface area contributed by atoms with E-state index >= 15 is 0 Å². The number of hydrogen-bond acceptors (Lipinski definition) is 4. The summed E-state index contributed by atoms with van der Waals surface area (Å²) in [6.07, 6.45) is 5.12. The summed E-state index contributed by atoms with van der Waals surface area (Å²) in [6.45, 7) is 2.36. The molecule has 27 heavy (non-hydrogen) atoms. The van der Waals surface area contributed by atoms with Gasteiger partial charge in [0.1, 0.15) is 10.7 Å². The molecule has 1 aromatic carbocycles. The van der Waals surface area contributed by atoms with Gasteiger partial charge in [-0.3, -0.25) is 10.2 Å². The topological polar surface area (TPSA) is 69.7 Å². The normalized spacial score (nSPS) is 22.5. The van der Waals surface area contributed by atoms with Crippen molar-refractivity contribution in [2.45, 2.75) is 43.4 Å². The van der Waals surface area contributed by atoms with Gasteiger partial charge in [-0.2, -0.15) is 4.31 Å². The summed E-state index contributed by atoms with van der Waals surface area (Å²) in [5.74, 6) is -0.691. The third-order valence-corrected chi connectivity index (χ3v) is 7.45. The molecule has 2 saturated heterocycles. The zero-order valence-corrected chi connectivity index (χ0v) is 16.7. The SMILES string of the molecule is O=C(CC1CCCN(S(=O)(=O)c2ccc(F)cc2Cl)C1)NN1CCCCC1. The number of carbonyl (C=O) groups excluding carboxylic acids is 1. The Hall–Kier alpha value is -1.22.